The summed E-state index contributed by atoms with van der Waals surface area (Å²) in [4.78, 5) is 32.6. The topological polar surface area (TPSA) is 69.9 Å². The first-order valence-electron chi connectivity index (χ1n) is 12.7. The number of ether oxygens (including phenoxy) is 2. The summed E-state index contributed by atoms with van der Waals surface area (Å²) in [7, 11) is 1.64. The Kier molecular flexibility index (Phi) is 8.13. The van der Waals surface area contributed by atoms with Crippen LogP contribution < -0.4 is 19.6 Å². The summed E-state index contributed by atoms with van der Waals surface area (Å²) < 4.78 is 13.1. The molecule has 1 atom stereocenters. The van der Waals surface area contributed by atoms with Gasteiger partial charge in [0.25, 0.3) is 5.56 Å². The van der Waals surface area contributed by atoms with Crippen molar-refractivity contribution < 1.29 is 14.3 Å². The first kappa shape index (κ1) is 26.6. The fourth-order valence-electron chi connectivity index (χ4n) is 4.58. The maximum Gasteiger partial charge on any atom is 0.338 e. The Labute approximate surface area is 221 Å². The molecular weight excluding hydrogens is 484 g/mol. The number of rotatable bonds is 8. The lowest BCUT2D eigenvalue weighted by Crippen LogP contribution is -2.40. The van der Waals surface area contributed by atoms with E-state index in [2.05, 4.69) is 32.9 Å². The summed E-state index contributed by atoms with van der Waals surface area (Å²) in [6.07, 6.45) is 3.30. The van der Waals surface area contributed by atoms with Crippen molar-refractivity contribution in [3.8, 4) is 5.75 Å². The van der Waals surface area contributed by atoms with E-state index >= 15 is 0 Å². The Morgan fingerprint density at radius 3 is 2.51 bits per heavy atom. The molecule has 0 unspecified atom stereocenters. The second kappa shape index (κ2) is 11.3. The molecule has 6 nitrogen and oxygen atoms in total. The predicted octanol–water partition coefficient (Wildman–Crippen LogP) is 5.02. The molecule has 0 N–H and O–H groups in total. The van der Waals surface area contributed by atoms with Crippen molar-refractivity contribution >= 4 is 23.4 Å². The molecule has 0 aliphatic carbocycles. The summed E-state index contributed by atoms with van der Waals surface area (Å²) in [5, 5.41) is 0. The molecule has 1 aliphatic rings. The van der Waals surface area contributed by atoms with E-state index in [0.29, 0.717) is 32.9 Å². The number of hydrogen-bond donors (Lipinski definition) is 0. The van der Waals surface area contributed by atoms with Crippen LogP contribution in [0.4, 0.5) is 0 Å². The average Bonchev–Trinajstić information content (AvgIpc) is 3.19. The Balaban J connectivity index is 1.96. The van der Waals surface area contributed by atoms with E-state index in [1.165, 1.54) is 16.9 Å². The number of benzene rings is 2. The zero-order chi connectivity index (χ0) is 26.7. The van der Waals surface area contributed by atoms with Gasteiger partial charge in [-0.3, -0.25) is 9.36 Å². The summed E-state index contributed by atoms with van der Waals surface area (Å²) in [5.41, 5.74) is 4.89. The number of carbonyl (C=O) groups is 1. The standard InChI is InChI=1S/C30H34N2O4S/c1-7-9-23-26(29(34)36-8-2)27(22-14-12-21(13-15-22)18(3)4)32-28(33)25(37-30(32)31-23)17-20-11-10-19(5)24(16-20)35-6/h10-18,27H,7-9H2,1-6H3/b25-17-/t27-/m1/s1. The zero-order valence-electron chi connectivity index (χ0n) is 22.3. The maximum absolute atomic E-state index is 13.9. The van der Waals surface area contributed by atoms with Crippen LogP contribution in [0.3, 0.4) is 0 Å². The number of aryl methyl sites for hydroxylation is 1. The van der Waals surface area contributed by atoms with Crippen LogP contribution in [0.5, 0.6) is 5.75 Å². The molecule has 194 valence electrons. The molecule has 1 aromatic heterocycles. The van der Waals surface area contributed by atoms with Gasteiger partial charge in [0.1, 0.15) is 5.75 Å². The second-order valence-electron chi connectivity index (χ2n) is 9.46. The number of allylic oxidation sites excluding steroid dienone is 1. The van der Waals surface area contributed by atoms with Crippen molar-refractivity contribution in [2.45, 2.75) is 59.4 Å². The van der Waals surface area contributed by atoms with Crippen molar-refractivity contribution in [1.82, 2.24) is 4.57 Å². The highest BCUT2D eigenvalue weighted by atomic mass is 32.1. The van der Waals surface area contributed by atoms with E-state index in [4.69, 9.17) is 14.5 Å². The number of aromatic nitrogens is 1. The highest BCUT2D eigenvalue weighted by Crippen LogP contribution is 2.33. The third-order valence-electron chi connectivity index (χ3n) is 6.54. The van der Waals surface area contributed by atoms with Gasteiger partial charge in [0.05, 0.1) is 35.6 Å². The van der Waals surface area contributed by atoms with Crippen molar-refractivity contribution in [3.63, 3.8) is 0 Å². The molecule has 0 saturated carbocycles. The lowest BCUT2D eigenvalue weighted by molar-refractivity contribution is -0.139. The molecule has 2 aromatic carbocycles. The van der Waals surface area contributed by atoms with Gasteiger partial charge in [-0.25, -0.2) is 9.79 Å². The van der Waals surface area contributed by atoms with Gasteiger partial charge < -0.3 is 9.47 Å². The van der Waals surface area contributed by atoms with Crippen LogP contribution in [0.1, 0.15) is 74.8 Å². The van der Waals surface area contributed by atoms with Crippen molar-refractivity contribution in [2.75, 3.05) is 13.7 Å². The zero-order valence-corrected chi connectivity index (χ0v) is 23.1. The minimum atomic E-state index is -0.604. The Bertz CT molecular complexity index is 1510. The van der Waals surface area contributed by atoms with Crippen molar-refractivity contribution in [1.29, 1.82) is 0 Å². The van der Waals surface area contributed by atoms with Crippen LogP contribution >= 0.6 is 11.3 Å². The normalized spacial score (nSPS) is 15.5. The molecule has 4 rings (SSSR count). The van der Waals surface area contributed by atoms with Gasteiger partial charge in [0, 0.05) is 0 Å². The fraction of sp³-hybridized carbons (Fsp3) is 0.367. The summed E-state index contributed by atoms with van der Waals surface area (Å²) >= 11 is 1.34. The minimum Gasteiger partial charge on any atom is -0.496 e. The third-order valence-corrected chi connectivity index (χ3v) is 7.52. The van der Waals surface area contributed by atoms with E-state index in [1.807, 2.05) is 43.3 Å². The van der Waals surface area contributed by atoms with Gasteiger partial charge in [-0.05, 0) is 60.6 Å². The maximum atomic E-state index is 13.9. The quantitative estimate of drug-likeness (QED) is 0.393. The molecule has 0 amide bonds. The van der Waals surface area contributed by atoms with Crippen LogP contribution in [0.2, 0.25) is 0 Å². The number of carbonyl (C=O) groups excluding carboxylic acids is 1. The highest BCUT2D eigenvalue weighted by molar-refractivity contribution is 7.07. The summed E-state index contributed by atoms with van der Waals surface area (Å²) in [6.45, 7) is 10.4. The molecule has 3 aromatic rings. The van der Waals surface area contributed by atoms with Crippen molar-refractivity contribution in [2.24, 2.45) is 4.99 Å². The van der Waals surface area contributed by atoms with Gasteiger partial charge in [0.2, 0.25) is 0 Å². The highest BCUT2D eigenvalue weighted by Gasteiger charge is 2.34. The molecule has 0 radical (unpaired) electrons. The Morgan fingerprint density at radius 1 is 1.16 bits per heavy atom. The number of esters is 1. The lowest BCUT2D eigenvalue weighted by Gasteiger charge is -2.26. The first-order valence-corrected chi connectivity index (χ1v) is 13.6. The van der Waals surface area contributed by atoms with Gasteiger partial charge in [-0.1, -0.05) is 74.9 Å². The van der Waals surface area contributed by atoms with E-state index < -0.39 is 12.0 Å². The molecule has 0 fully saturated rings. The molecule has 0 bridgehead atoms. The first-order chi connectivity index (χ1) is 17.8. The second-order valence-corrected chi connectivity index (χ2v) is 10.5. The van der Waals surface area contributed by atoms with Crippen LogP contribution in [0, 0.1) is 6.92 Å². The van der Waals surface area contributed by atoms with Gasteiger partial charge in [0.15, 0.2) is 4.80 Å². The van der Waals surface area contributed by atoms with Crippen LogP contribution in [0.15, 0.2) is 63.5 Å². The lowest BCUT2D eigenvalue weighted by atomic mass is 9.92. The summed E-state index contributed by atoms with van der Waals surface area (Å²) in [6, 6.07) is 13.4. The van der Waals surface area contributed by atoms with E-state index in [1.54, 1.807) is 18.6 Å². The Hall–Kier alpha value is -3.45. The minimum absolute atomic E-state index is 0.182. The molecular formula is C30H34N2O4S. The predicted molar refractivity (Wildman–Crippen MR) is 148 cm³/mol. The molecule has 7 heteroatoms. The molecule has 0 saturated heterocycles. The van der Waals surface area contributed by atoms with Gasteiger partial charge >= 0.3 is 5.97 Å². The number of thiazole rings is 1. The number of fused-ring (bicyclic) bond motifs is 1. The number of nitrogens with zero attached hydrogens (tertiary/aromatic N) is 2. The molecule has 1 aliphatic heterocycles. The van der Waals surface area contributed by atoms with Crippen LogP contribution in [0.25, 0.3) is 6.08 Å². The van der Waals surface area contributed by atoms with Gasteiger partial charge in [-0.2, -0.15) is 0 Å². The summed E-state index contributed by atoms with van der Waals surface area (Å²) in [5.74, 6) is 0.711. The molecule has 2 heterocycles. The fourth-order valence-corrected chi connectivity index (χ4v) is 5.60. The van der Waals surface area contributed by atoms with E-state index in [0.717, 1.165) is 28.9 Å². The van der Waals surface area contributed by atoms with Crippen LogP contribution in [-0.2, 0) is 9.53 Å². The number of methoxy groups -OCH3 is 1. The molecule has 37 heavy (non-hydrogen) atoms. The van der Waals surface area contributed by atoms with Gasteiger partial charge in [-0.15, -0.1) is 0 Å². The smallest absolute Gasteiger partial charge is 0.338 e. The Morgan fingerprint density at radius 2 is 1.89 bits per heavy atom. The average molecular weight is 519 g/mol. The van der Waals surface area contributed by atoms with Crippen LogP contribution in [-0.4, -0.2) is 24.3 Å². The van der Waals surface area contributed by atoms with E-state index in [-0.39, 0.29) is 12.2 Å². The monoisotopic (exact) mass is 518 g/mol. The SMILES string of the molecule is CCCC1=C(C(=O)OCC)[C@@H](c2ccc(C(C)C)cc2)n2c(s/c(=C\c3ccc(C)c(OC)c3)c2=O)=N1. The molecule has 0 spiro atoms. The van der Waals surface area contributed by atoms with Crippen molar-refractivity contribution in [3.05, 3.63) is 95.7 Å². The third kappa shape index (κ3) is 5.32. The largest absolute Gasteiger partial charge is 0.496 e. The number of hydrogen-bond acceptors (Lipinski definition) is 6. The van der Waals surface area contributed by atoms with E-state index in [9.17, 15) is 9.59 Å².